The van der Waals surface area contributed by atoms with E-state index in [1.807, 2.05) is 24.3 Å². The largest absolute Gasteiger partial charge is 0.497 e. The summed E-state index contributed by atoms with van der Waals surface area (Å²) in [7, 11) is 3.41. The van der Waals surface area contributed by atoms with Crippen LogP contribution in [0.2, 0.25) is 0 Å². The van der Waals surface area contributed by atoms with E-state index in [1.165, 1.54) is 11.3 Å². The van der Waals surface area contributed by atoms with Crippen molar-refractivity contribution in [1.29, 1.82) is 0 Å². The molecule has 6 nitrogen and oxygen atoms in total. The lowest BCUT2D eigenvalue weighted by molar-refractivity contribution is -0.125. The second-order valence-corrected chi connectivity index (χ2v) is 9.16. The molecule has 1 fully saturated rings. The molecule has 0 bridgehead atoms. The first kappa shape index (κ1) is 22.3. The van der Waals surface area contributed by atoms with Crippen molar-refractivity contribution in [2.24, 2.45) is 11.8 Å². The summed E-state index contributed by atoms with van der Waals surface area (Å²) in [5, 5.41) is 3.21. The minimum absolute atomic E-state index is 0.0901. The van der Waals surface area contributed by atoms with Gasteiger partial charge in [0.05, 0.1) is 31.9 Å². The maximum absolute atomic E-state index is 13.3. The SMILES string of the molecule is COc1ccc2c(c1)N1CCN(c3ccccc3OC)C[C@H]1[C@@H](C(=O)NCCC(C)C)C2. The van der Waals surface area contributed by atoms with Crippen molar-refractivity contribution in [3.05, 3.63) is 48.0 Å². The van der Waals surface area contributed by atoms with Crippen LogP contribution in [0.3, 0.4) is 0 Å². The number of ether oxygens (including phenoxy) is 2. The number of hydrogen-bond acceptors (Lipinski definition) is 5. The van der Waals surface area contributed by atoms with E-state index < -0.39 is 0 Å². The highest BCUT2D eigenvalue weighted by Crippen LogP contribution is 2.40. The van der Waals surface area contributed by atoms with E-state index in [9.17, 15) is 4.79 Å². The van der Waals surface area contributed by atoms with E-state index in [-0.39, 0.29) is 17.9 Å². The zero-order chi connectivity index (χ0) is 22.7. The Hall–Kier alpha value is -2.89. The van der Waals surface area contributed by atoms with E-state index in [2.05, 4.69) is 47.2 Å². The van der Waals surface area contributed by atoms with Crippen molar-refractivity contribution in [3.8, 4) is 11.5 Å². The van der Waals surface area contributed by atoms with Crippen LogP contribution in [0.15, 0.2) is 42.5 Å². The first-order chi connectivity index (χ1) is 15.5. The Kier molecular flexibility index (Phi) is 6.77. The topological polar surface area (TPSA) is 54.0 Å². The van der Waals surface area contributed by atoms with Crippen LogP contribution in [0.4, 0.5) is 11.4 Å². The molecule has 2 aromatic carbocycles. The zero-order valence-electron chi connectivity index (χ0n) is 19.6. The molecule has 2 aliphatic heterocycles. The first-order valence-electron chi connectivity index (χ1n) is 11.6. The maximum atomic E-state index is 13.3. The van der Waals surface area contributed by atoms with Crippen LogP contribution < -0.4 is 24.6 Å². The number of piperazine rings is 1. The number of benzene rings is 2. The molecule has 2 aliphatic rings. The normalized spacial score (nSPS) is 19.9. The number of methoxy groups -OCH3 is 2. The Balaban J connectivity index is 1.63. The molecule has 0 spiro atoms. The van der Waals surface area contributed by atoms with Crippen molar-refractivity contribution in [2.45, 2.75) is 32.7 Å². The van der Waals surface area contributed by atoms with Crippen molar-refractivity contribution in [3.63, 3.8) is 0 Å². The van der Waals surface area contributed by atoms with Gasteiger partial charge in [-0.2, -0.15) is 0 Å². The standard InChI is InChI=1S/C26H35N3O3/c1-18(2)11-12-27-26(30)21-15-19-9-10-20(31-3)16-23(19)29-14-13-28(17-24(21)29)22-7-5-6-8-25(22)32-4/h5-10,16,18,21,24H,11-15,17H2,1-4H3,(H,27,30)/t21-,24-/m0/s1. The van der Waals surface area contributed by atoms with Crippen molar-refractivity contribution < 1.29 is 14.3 Å². The predicted molar refractivity (Wildman–Crippen MR) is 129 cm³/mol. The van der Waals surface area contributed by atoms with Crippen LogP contribution in [-0.4, -0.2) is 52.3 Å². The molecule has 0 unspecified atom stereocenters. The van der Waals surface area contributed by atoms with Crippen LogP contribution in [0.25, 0.3) is 0 Å². The highest BCUT2D eigenvalue weighted by molar-refractivity contribution is 5.82. The minimum atomic E-state index is -0.0967. The van der Waals surface area contributed by atoms with Gasteiger partial charge in [-0.15, -0.1) is 0 Å². The number of carbonyl (C=O) groups is 1. The summed E-state index contributed by atoms with van der Waals surface area (Å²) >= 11 is 0. The quantitative estimate of drug-likeness (QED) is 0.715. The number of anilines is 2. The summed E-state index contributed by atoms with van der Waals surface area (Å²) in [5.41, 5.74) is 3.50. The summed E-state index contributed by atoms with van der Waals surface area (Å²) < 4.78 is 11.1. The van der Waals surface area contributed by atoms with Crippen molar-refractivity contribution in [1.82, 2.24) is 5.32 Å². The molecule has 4 rings (SSSR count). The van der Waals surface area contributed by atoms with Gasteiger partial charge in [0.2, 0.25) is 5.91 Å². The molecule has 1 amide bonds. The van der Waals surface area contributed by atoms with E-state index in [4.69, 9.17) is 9.47 Å². The first-order valence-corrected chi connectivity index (χ1v) is 11.6. The highest BCUT2D eigenvalue weighted by Gasteiger charge is 2.42. The molecule has 1 saturated heterocycles. The summed E-state index contributed by atoms with van der Waals surface area (Å²) in [6.45, 7) is 7.59. The second-order valence-electron chi connectivity index (χ2n) is 9.16. The van der Waals surface area contributed by atoms with E-state index in [0.717, 1.165) is 56.2 Å². The molecule has 0 aromatic heterocycles. The second kappa shape index (κ2) is 9.72. The average Bonchev–Trinajstić information content (AvgIpc) is 2.82. The van der Waals surface area contributed by atoms with Crippen molar-refractivity contribution in [2.75, 3.05) is 50.2 Å². The lowest BCUT2D eigenvalue weighted by Crippen LogP contribution is -2.61. The van der Waals surface area contributed by atoms with Crippen LogP contribution in [-0.2, 0) is 11.2 Å². The molecular weight excluding hydrogens is 402 g/mol. The third-order valence-electron chi connectivity index (χ3n) is 6.71. The molecule has 2 aromatic rings. The Morgan fingerprint density at radius 3 is 2.66 bits per heavy atom. The van der Waals surface area contributed by atoms with Crippen LogP contribution in [0.5, 0.6) is 11.5 Å². The fourth-order valence-electron chi connectivity index (χ4n) is 4.93. The van der Waals surface area contributed by atoms with E-state index >= 15 is 0 Å². The number of rotatable bonds is 7. The van der Waals surface area contributed by atoms with Gasteiger partial charge in [-0.3, -0.25) is 4.79 Å². The van der Waals surface area contributed by atoms with Crippen LogP contribution >= 0.6 is 0 Å². The van der Waals surface area contributed by atoms with Gasteiger partial charge in [0.25, 0.3) is 0 Å². The third-order valence-corrected chi connectivity index (χ3v) is 6.71. The summed E-state index contributed by atoms with van der Waals surface area (Å²) in [6.07, 6.45) is 1.74. The molecule has 1 N–H and O–H groups in total. The van der Waals surface area contributed by atoms with Gasteiger partial charge in [0.15, 0.2) is 0 Å². The fourth-order valence-corrected chi connectivity index (χ4v) is 4.93. The molecule has 2 atom stereocenters. The molecular formula is C26H35N3O3. The van der Waals surface area contributed by atoms with Crippen molar-refractivity contribution >= 4 is 17.3 Å². The molecule has 0 saturated carbocycles. The Bertz CT molecular complexity index is 946. The number of nitrogens with one attached hydrogen (secondary N) is 1. The maximum Gasteiger partial charge on any atom is 0.225 e. The highest BCUT2D eigenvalue weighted by atomic mass is 16.5. The summed E-state index contributed by atoms with van der Waals surface area (Å²) in [5.74, 6) is 2.36. The molecule has 6 heteroatoms. The van der Waals surface area contributed by atoms with E-state index in [1.54, 1.807) is 14.2 Å². The molecule has 32 heavy (non-hydrogen) atoms. The predicted octanol–water partition coefficient (Wildman–Crippen LogP) is 3.73. The smallest absolute Gasteiger partial charge is 0.225 e. The minimum Gasteiger partial charge on any atom is -0.497 e. The number of nitrogens with zero attached hydrogens (tertiary/aromatic N) is 2. The van der Waals surface area contributed by atoms with Gasteiger partial charge in [-0.25, -0.2) is 0 Å². The lowest BCUT2D eigenvalue weighted by atomic mass is 9.83. The van der Waals surface area contributed by atoms with Crippen LogP contribution in [0.1, 0.15) is 25.8 Å². The average molecular weight is 438 g/mol. The Morgan fingerprint density at radius 1 is 1.09 bits per heavy atom. The monoisotopic (exact) mass is 437 g/mol. The molecule has 2 heterocycles. The van der Waals surface area contributed by atoms with Gasteiger partial charge < -0.3 is 24.6 Å². The Morgan fingerprint density at radius 2 is 1.91 bits per heavy atom. The number of para-hydroxylation sites is 2. The summed E-state index contributed by atoms with van der Waals surface area (Å²) in [4.78, 5) is 18.1. The lowest BCUT2D eigenvalue weighted by Gasteiger charge is -2.49. The number of amides is 1. The summed E-state index contributed by atoms with van der Waals surface area (Å²) in [6, 6.07) is 14.5. The number of fused-ring (bicyclic) bond motifs is 3. The van der Waals surface area contributed by atoms with E-state index in [0.29, 0.717) is 5.92 Å². The number of carbonyl (C=O) groups excluding carboxylic acids is 1. The number of hydrogen-bond donors (Lipinski definition) is 1. The van der Waals surface area contributed by atoms with Gasteiger partial charge in [-0.05, 0) is 42.5 Å². The Labute approximate surface area is 191 Å². The van der Waals surface area contributed by atoms with Gasteiger partial charge >= 0.3 is 0 Å². The van der Waals surface area contributed by atoms with Gasteiger partial charge in [0.1, 0.15) is 11.5 Å². The van der Waals surface area contributed by atoms with Crippen LogP contribution in [0, 0.1) is 11.8 Å². The third kappa shape index (κ3) is 4.50. The molecule has 0 aliphatic carbocycles. The molecule has 0 radical (unpaired) electrons. The van der Waals surface area contributed by atoms with Gasteiger partial charge in [0, 0.05) is 37.9 Å². The van der Waals surface area contributed by atoms with Gasteiger partial charge in [-0.1, -0.05) is 32.0 Å². The zero-order valence-corrected chi connectivity index (χ0v) is 19.6. The molecule has 172 valence electrons. The fraction of sp³-hybridized carbons (Fsp3) is 0.500.